The molecule has 3 unspecified atom stereocenters. The van der Waals surface area contributed by atoms with Crippen LogP contribution in [0.25, 0.3) is 0 Å². The van der Waals surface area contributed by atoms with Crippen molar-refractivity contribution in [3.05, 3.63) is 34.9 Å². The molecule has 1 saturated carbocycles. The topological polar surface area (TPSA) is 21.3 Å². The molecule has 1 aliphatic heterocycles. The monoisotopic (exact) mass is 217 g/mol. The molecule has 2 heteroatoms. The van der Waals surface area contributed by atoms with Crippen LogP contribution in [0.4, 0.5) is 0 Å². The second-order valence-corrected chi connectivity index (χ2v) is 5.16. The van der Waals surface area contributed by atoms with Gasteiger partial charge >= 0.3 is 0 Å². The Morgan fingerprint density at radius 3 is 2.75 bits per heavy atom. The van der Waals surface area contributed by atoms with E-state index in [1.54, 1.807) is 0 Å². The molecule has 0 aromatic heterocycles. The van der Waals surface area contributed by atoms with E-state index < -0.39 is 0 Å². The summed E-state index contributed by atoms with van der Waals surface area (Å²) in [7, 11) is 2.07. The van der Waals surface area contributed by atoms with E-state index in [-0.39, 0.29) is 0 Å². The number of rotatable bonds is 3. The summed E-state index contributed by atoms with van der Waals surface area (Å²) in [4.78, 5) is 0. The van der Waals surface area contributed by atoms with Crippen LogP contribution in [-0.2, 0) is 18.0 Å². The molecule has 0 spiro atoms. The van der Waals surface area contributed by atoms with Gasteiger partial charge in [-0.3, -0.25) is 0 Å². The summed E-state index contributed by atoms with van der Waals surface area (Å²) in [5.41, 5.74) is 4.18. The van der Waals surface area contributed by atoms with Crippen molar-refractivity contribution < 1.29 is 4.74 Å². The Balaban J connectivity index is 1.87. The average Bonchev–Trinajstić information content (AvgIpc) is 2.82. The number of fused-ring (bicyclic) bond motifs is 1. The van der Waals surface area contributed by atoms with Gasteiger partial charge in [-0.1, -0.05) is 25.1 Å². The van der Waals surface area contributed by atoms with E-state index in [1.165, 1.54) is 23.1 Å². The third kappa shape index (κ3) is 1.66. The Kier molecular flexibility index (Phi) is 2.49. The first-order chi connectivity index (χ1) is 7.79. The third-order valence-corrected chi connectivity index (χ3v) is 4.02. The number of hydrogen-bond acceptors (Lipinski definition) is 2. The smallest absolute Gasteiger partial charge is 0.0725 e. The lowest BCUT2D eigenvalue weighted by Crippen LogP contribution is -2.19. The predicted octanol–water partition coefficient (Wildman–Crippen LogP) is 2.63. The lowest BCUT2D eigenvalue weighted by atomic mass is 9.97. The van der Waals surface area contributed by atoms with Crippen LogP contribution in [0, 0.1) is 11.8 Å². The first kappa shape index (κ1) is 10.3. The highest BCUT2D eigenvalue weighted by Gasteiger charge is 2.39. The summed E-state index contributed by atoms with van der Waals surface area (Å²) in [5, 5.41) is 3.46. The molecule has 0 bridgehead atoms. The number of benzene rings is 1. The Morgan fingerprint density at radius 2 is 2.06 bits per heavy atom. The summed E-state index contributed by atoms with van der Waals surface area (Å²) < 4.78 is 5.46. The van der Waals surface area contributed by atoms with Crippen LogP contribution in [0.3, 0.4) is 0 Å². The molecular formula is C14H19NO. The second kappa shape index (κ2) is 3.86. The predicted molar refractivity (Wildman–Crippen MR) is 64.0 cm³/mol. The summed E-state index contributed by atoms with van der Waals surface area (Å²) in [6, 6.07) is 7.35. The largest absolute Gasteiger partial charge is 0.372 e. The van der Waals surface area contributed by atoms with Gasteiger partial charge in [0.15, 0.2) is 0 Å². The number of nitrogens with one attached hydrogen (secondary N) is 1. The molecule has 1 aromatic rings. The van der Waals surface area contributed by atoms with Crippen molar-refractivity contribution in [1.29, 1.82) is 0 Å². The van der Waals surface area contributed by atoms with Gasteiger partial charge in [0.25, 0.3) is 0 Å². The van der Waals surface area contributed by atoms with Gasteiger partial charge in [-0.05, 0) is 42.0 Å². The second-order valence-electron chi connectivity index (χ2n) is 5.16. The molecule has 1 fully saturated rings. The fourth-order valence-corrected chi connectivity index (χ4v) is 2.83. The molecule has 2 aliphatic rings. The summed E-state index contributed by atoms with van der Waals surface area (Å²) >= 11 is 0. The van der Waals surface area contributed by atoms with Gasteiger partial charge in [0.1, 0.15) is 0 Å². The first-order valence-electron chi connectivity index (χ1n) is 6.16. The molecule has 0 amide bonds. The van der Waals surface area contributed by atoms with E-state index in [1.807, 2.05) is 0 Å². The maximum atomic E-state index is 5.46. The van der Waals surface area contributed by atoms with Crippen molar-refractivity contribution in [2.75, 3.05) is 7.05 Å². The standard InChI is InChI=1S/C14H19NO/c1-9-5-13(9)14(15-2)10-3-4-11-7-16-8-12(11)6-10/h3-4,6,9,13-15H,5,7-8H2,1-2H3. The van der Waals surface area contributed by atoms with Crippen molar-refractivity contribution in [1.82, 2.24) is 5.32 Å². The van der Waals surface area contributed by atoms with E-state index in [4.69, 9.17) is 4.74 Å². The molecule has 1 heterocycles. The van der Waals surface area contributed by atoms with Crippen LogP contribution in [0.5, 0.6) is 0 Å². The lowest BCUT2D eigenvalue weighted by Gasteiger charge is -2.17. The molecule has 1 N–H and O–H groups in total. The Morgan fingerprint density at radius 1 is 1.31 bits per heavy atom. The zero-order valence-corrected chi connectivity index (χ0v) is 9.99. The van der Waals surface area contributed by atoms with Gasteiger partial charge in [-0.15, -0.1) is 0 Å². The van der Waals surface area contributed by atoms with E-state index in [0.29, 0.717) is 6.04 Å². The molecule has 16 heavy (non-hydrogen) atoms. The maximum Gasteiger partial charge on any atom is 0.0725 e. The molecule has 1 aromatic carbocycles. The summed E-state index contributed by atoms with van der Waals surface area (Å²) in [6.45, 7) is 3.92. The fraction of sp³-hybridized carbons (Fsp3) is 0.571. The molecule has 0 saturated heterocycles. The van der Waals surface area contributed by atoms with Gasteiger partial charge in [0, 0.05) is 6.04 Å². The number of hydrogen-bond donors (Lipinski definition) is 1. The molecule has 86 valence electrons. The molecule has 1 aliphatic carbocycles. The zero-order valence-electron chi connectivity index (χ0n) is 9.99. The van der Waals surface area contributed by atoms with Gasteiger partial charge in [0.2, 0.25) is 0 Å². The molecule has 0 radical (unpaired) electrons. The van der Waals surface area contributed by atoms with Crippen molar-refractivity contribution in [2.24, 2.45) is 11.8 Å². The molecule has 3 rings (SSSR count). The van der Waals surface area contributed by atoms with Crippen LogP contribution < -0.4 is 5.32 Å². The van der Waals surface area contributed by atoms with Crippen LogP contribution in [0.2, 0.25) is 0 Å². The Labute approximate surface area is 97.0 Å². The minimum Gasteiger partial charge on any atom is -0.372 e. The van der Waals surface area contributed by atoms with E-state index >= 15 is 0 Å². The molecule has 3 atom stereocenters. The first-order valence-corrected chi connectivity index (χ1v) is 6.16. The summed E-state index contributed by atoms with van der Waals surface area (Å²) in [6.07, 6.45) is 1.36. The Bertz CT molecular complexity index is 402. The fourth-order valence-electron chi connectivity index (χ4n) is 2.83. The highest BCUT2D eigenvalue weighted by atomic mass is 16.5. The number of ether oxygens (including phenoxy) is 1. The van der Waals surface area contributed by atoms with Crippen LogP contribution >= 0.6 is 0 Å². The third-order valence-electron chi connectivity index (χ3n) is 4.02. The minimum atomic E-state index is 0.529. The van der Waals surface area contributed by atoms with Gasteiger partial charge in [-0.2, -0.15) is 0 Å². The van der Waals surface area contributed by atoms with E-state index in [9.17, 15) is 0 Å². The SMILES string of the molecule is CNC(c1ccc2c(c1)COC2)C1CC1C. The van der Waals surface area contributed by atoms with Gasteiger partial charge in [0.05, 0.1) is 13.2 Å². The minimum absolute atomic E-state index is 0.529. The average molecular weight is 217 g/mol. The highest BCUT2D eigenvalue weighted by molar-refractivity contribution is 5.35. The van der Waals surface area contributed by atoms with Gasteiger partial charge in [-0.25, -0.2) is 0 Å². The normalized spacial score (nSPS) is 28.9. The highest BCUT2D eigenvalue weighted by Crippen LogP contribution is 2.47. The van der Waals surface area contributed by atoms with Crippen molar-refractivity contribution in [3.63, 3.8) is 0 Å². The van der Waals surface area contributed by atoms with E-state index in [0.717, 1.165) is 25.0 Å². The zero-order chi connectivity index (χ0) is 11.1. The van der Waals surface area contributed by atoms with Crippen molar-refractivity contribution >= 4 is 0 Å². The molecular weight excluding hydrogens is 198 g/mol. The van der Waals surface area contributed by atoms with Crippen LogP contribution in [0.1, 0.15) is 36.1 Å². The van der Waals surface area contributed by atoms with E-state index in [2.05, 4.69) is 37.5 Å². The lowest BCUT2D eigenvalue weighted by molar-refractivity contribution is 0.134. The van der Waals surface area contributed by atoms with Gasteiger partial charge < -0.3 is 10.1 Å². The van der Waals surface area contributed by atoms with Crippen LogP contribution in [0.15, 0.2) is 18.2 Å². The van der Waals surface area contributed by atoms with Crippen molar-refractivity contribution in [3.8, 4) is 0 Å². The summed E-state index contributed by atoms with van der Waals surface area (Å²) in [5.74, 6) is 1.70. The maximum absolute atomic E-state index is 5.46. The quantitative estimate of drug-likeness (QED) is 0.840. The van der Waals surface area contributed by atoms with Crippen LogP contribution in [-0.4, -0.2) is 7.05 Å². The van der Waals surface area contributed by atoms with Crippen molar-refractivity contribution in [2.45, 2.75) is 32.6 Å². The Hall–Kier alpha value is -0.860. The molecule has 2 nitrogen and oxygen atoms in total.